The fourth-order valence-electron chi connectivity index (χ4n) is 2.54. The van der Waals surface area contributed by atoms with Gasteiger partial charge in [0.05, 0.1) is 6.20 Å². The molecule has 3 amide bonds. The van der Waals surface area contributed by atoms with E-state index in [1.807, 2.05) is 24.3 Å². The highest BCUT2D eigenvalue weighted by Crippen LogP contribution is 2.09. The predicted molar refractivity (Wildman–Crippen MR) is 83.4 cm³/mol. The van der Waals surface area contributed by atoms with E-state index in [1.165, 1.54) is 0 Å². The first-order valence-electron chi connectivity index (χ1n) is 7.80. The molecule has 0 aromatic carbocycles. The molecule has 0 bridgehead atoms. The Morgan fingerprint density at radius 3 is 2.95 bits per heavy atom. The predicted octanol–water partition coefficient (Wildman–Crippen LogP) is 0.617. The minimum atomic E-state index is -0.0726. The van der Waals surface area contributed by atoms with Crippen molar-refractivity contribution in [1.82, 2.24) is 24.9 Å². The highest BCUT2D eigenvalue weighted by Gasteiger charge is 2.19. The number of likely N-dealkylation sites (N-methyl/N-ethyl adjacent to an activating group) is 1. The summed E-state index contributed by atoms with van der Waals surface area (Å²) in [6.07, 6.45) is 7.00. The van der Waals surface area contributed by atoms with Crippen LogP contribution < -0.4 is 5.32 Å². The molecule has 7 heteroatoms. The van der Waals surface area contributed by atoms with Crippen LogP contribution in [-0.2, 0) is 18.3 Å². The van der Waals surface area contributed by atoms with E-state index in [1.54, 1.807) is 16.6 Å². The summed E-state index contributed by atoms with van der Waals surface area (Å²) >= 11 is 0. The van der Waals surface area contributed by atoms with Crippen LogP contribution in [0.2, 0.25) is 0 Å². The molecular formula is C15H25N5O2. The first-order valence-corrected chi connectivity index (χ1v) is 7.80. The highest BCUT2D eigenvalue weighted by atomic mass is 16.2. The summed E-state index contributed by atoms with van der Waals surface area (Å²) in [5.74, 6) is 0.236. The summed E-state index contributed by atoms with van der Waals surface area (Å²) in [6.45, 7) is 2.85. The average molecular weight is 307 g/mol. The Balaban J connectivity index is 1.58. The Morgan fingerprint density at radius 2 is 2.32 bits per heavy atom. The van der Waals surface area contributed by atoms with Gasteiger partial charge in [0.1, 0.15) is 0 Å². The van der Waals surface area contributed by atoms with Crippen molar-refractivity contribution in [2.24, 2.45) is 7.05 Å². The van der Waals surface area contributed by atoms with Crippen molar-refractivity contribution in [3.8, 4) is 0 Å². The molecule has 1 fully saturated rings. The number of rotatable bonds is 7. The molecule has 0 spiro atoms. The summed E-state index contributed by atoms with van der Waals surface area (Å²) in [5.41, 5.74) is 1.12. The van der Waals surface area contributed by atoms with Crippen molar-refractivity contribution >= 4 is 11.9 Å². The van der Waals surface area contributed by atoms with E-state index in [9.17, 15) is 9.59 Å². The molecule has 0 saturated carbocycles. The van der Waals surface area contributed by atoms with Gasteiger partial charge in [0.15, 0.2) is 0 Å². The molecule has 1 aliphatic rings. The highest BCUT2D eigenvalue weighted by molar-refractivity contribution is 5.78. The number of nitrogens with one attached hydrogen (secondary N) is 1. The lowest BCUT2D eigenvalue weighted by molar-refractivity contribution is -0.127. The van der Waals surface area contributed by atoms with Gasteiger partial charge in [-0.25, -0.2) is 4.79 Å². The summed E-state index contributed by atoms with van der Waals surface area (Å²) in [6, 6.07) is -0.0726. The summed E-state index contributed by atoms with van der Waals surface area (Å²) in [7, 11) is 3.67. The van der Waals surface area contributed by atoms with Crippen LogP contribution in [-0.4, -0.2) is 64.7 Å². The van der Waals surface area contributed by atoms with Crippen LogP contribution in [0, 0.1) is 0 Å². The van der Waals surface area contributed by atoms with Crippen LogP contribution in [0.25, 0.3) is 0 Å². The average Bonchev–Trinajstić information content (AvgIpc) is 3.09. The maximum Gasteiger partial charge on any atom is 0.317 e. The van der Waals surface area contributed by atoms with Gasteiger partial charge in [0, 0.05) is 52.9 Å². The van der Waals surface area contributed by atoms with Crippen molar-refractivity contribution in [2.75, 3.05) is 33.2 Å². The van der Waals surface area contributed by atoms with E-state index in [-0.39, 0.29) is 11.9 Å². The molecule has 0 aliphatic carbocycles. The minimum absolute atomic E-state index is 0.0726. The number of aryl methyl sites for hydroxylation is 1. The monoisotopic (exact) mass is 307 g/mol. The Morgan fingerprint density at radius 1 is 1.50 bits per heavy atom. The van der Waals surface area contributed by atoms with Gasteiger partial charge in [-0.15, -0.1) is 0 Å². The van der Waals surface area contributed by atoms with Crippen LogP contribution in [0.3, 0.4) is 0 Å². The molecule has 0 unspecified atom stereocenters. The van der Waals surface area contributed by atoms with E-state index in [0.717, 1.165) is 37.9 Å². The molecule has 1 N–H and O–H groups in total. The Bertz CT molecular complexity index is 514. The third-order valence-corrected chi connectivity index (χ3v) is 3.89. The molecule has 1 saturated heterocycles. The number of aromatic nitrogens is 2. The molecule has 122 valence electrons. The second kappa shape index (κ2) is 7.82. The Labute approximate surface area is 131 Å². The number of likely N-dealkylation sites (tertiary alicyclic amines) is 1. The summed E-state index contributed by atoms with van der Waals surface area (Å²) in [4.78, 5) is 26.9. The minimum Gasteiger partial charge on any atom is -0.343 e. The van der Waals surface area contributed by atoms with Crippen LogP contribution >= 0.6 is 0 Å². The first kappa shape index (κ1) is 16.3. The van der Waals surface area contributed by atoms with Gasteiger partial charge in [0.25, 0.3) is 0 Å². The maximum atomic E-state index is 11.9. The van der Waals surface area contributed by atoms with Crippen LogP contribution in [0.15, 0.2) is 12.4 Å². The number of amides is 3. The number of urea groups is 1. The molecule has 7 nitrogen and oxygen atoms in total. The Hall–Kier alpha value is -2.05. The molecule has 0 radical (unpaired) electrons. The van der Waals surface area contributed by atoms with Gasteiger partial charge in [-0.3, -0.25) is 9.48 Å². The maximum absolute atomic E-state index is 11.9. The topological polar surface area (TPSA) is 70.5 Å². The number of hydrogen-bond donors (Lipinski definition) is 1. The second-order valence-corrected chi connectivity index (χ2v) is 5.76. The molecule has 1 aliphatic heterocycles. The smallest absolute Gasteiger partial charge is 0.317 e. The van der Waals surface area contributed by atoms with Crippen molar-refractivity contribution in [3.05, 3.63) is 18.0 Å². The quantitative estimate of drug-likeness (QED) is 0.751. The zero-order chi connectivity index (χ0) is 15.9. The fraction of sp³-hybridized carbons (Fsp3) is 0.667. The second-order valence-electron chi connectivity index (χ2n) is 5.76. The number of carbonyl (C=O) groups excluding carboxylic acids is 2. The summed E-state index contributed by atoms with van der Waals surface area (Å²) < 4.78 is 1.76. The lowest BCUT2D eigenvalue weighted by Gasteiger charge is -2.19. The lowest BCUT2D eigenvalue weighted by atomic mass is 10.2. The van der Waals surface area contributed by atoms with Crippen LogP contribution in [0.1, 0.15) is 24.8 Å². The third-order valence-electron chi connectivity index (χ3n) is 3.89. The molecule has 0 atom stereocenters. The van der Waals surface area contributed by atoms with E-state index < -0.39 is 0 Å². The van der Waals surface area contributed by atoms with E-state index in [0.29, 0.717) is 19.5 Å². The largest absolute Gasteiger partial charge is 0.343 e. The van der Waals surface area contributed by atoms with Crippen LogP contribution in [0.5, 0.6) is 0 Å². The first-order chi connectivity index (χ1) is 10.6. The third kappa shape index (κ3) is 4.75. The SMILES string of the molecule is CN(CCc1cnn(C)c1)C(=O)NCCCN1CCCC1=O. The molecule has 1 aromatic rings. The van der Waals surface area contributed by atoms with Gasteiger partial charge in [-0.05, 0) is 24.8 Å². The zero-order valence-electron chi connectivity index (χ0n) is 13.4. The van der Waals surface area contributed by atoms with E-state index >= 15 is 0 Å². The van der Waals surface area contributed by atoms with E-state index in [4.69, 9.17) is 0 Å². The normalized spacial score (nSPS) is 14.5. The molecule has 1 aromatic heterocycles. The van der Waals surface area contributed by atoms with Gasteiger partial charge in [0.2, 0.25) is 5.91 Å². The van der Waals surface area contributed by atoms with Gasteiger partial charge < -0.3 is 15.1 Å². The molecule has 22 heavy (non-hydrogen) atoms. The van der Waals surface area contributed by atoms with Crippen molar-refractivity contribution in [1.29, 1.82) is 0 Å². The number of hydrogen-bond acceptors (Lipinski definition) is 3. The van der Waals surface area contributed by atoms with Gasteiger partial charge in [-0.2, -0.15) is 5.10 Å². The zero-order valence-corrected chi connectivity index (χ0v) is 13.4. The fourth-order valence-corrected chi connectivity index (χ4v) is 2.54. The van der Waals surface area contributed by atoms with Crippen molar-refractivity contribution in [3.63, 3.8) is 0 Å². The molecule has 2 rings (SSSR count). The molecular weight excluding hydrogens is 282 g/mol. The number of carbonyl (C=O) groups is 2. The number of nitrogens with zero attached hydrogens (tertiary/aromatic N) is 4. The van der Waals surface area contributed by atoms with Crippen LogP contribution in [0.4, 0.5) is 4.79 Å². The standard InChI is InChI=1S/C15H25N5O2/c1-18(10-6-13-11-17-19(2)12-13)15(22)16-7-4-9-20-8-3-5-14(20)21/h11-12H,3-10H2,1-2H3,(H,16,22). The Kier molecular flexibility index (Phi) is 5.80. The lowest BCUT2D eigenvalue weighted by Crippen LogP contribution is -2.39. The van der Waals surface area contributed by atoms with Gasteiger partial charge >= 0.3 is 6.03 Å². The van der Waals surface area contributed by atoms with Gasteiger partial charge in [-0.1, -0.05) is 0 Å². The van der Waals surface area contributed by atoms with Crippen molar-refractivity contribution < 1.29 is 9.59 Å². The van der Waals surface area contributed by atoms with E-state index in [2.05, 4.69) is 10.4 Å². The molecule has 2 heterocycles. The summed E-state index contributed by atoms with van der Waals surface area (Å²) in [5, 5.41) is 7.00. The van der Waals surface area contributed by atoms with Crippen molar-refractivity contribution in [2.45, 2.75) is 25.7 Å².